The fraction of sp³-hybridized carbons (Fsp3) is 0.600. The fourth-order valence-corrected chi connectivity index (χ4v) is 1.35. The van der Waals surface area contributed by atoms with Crippen LogP contribution in [0.25, 0.3) is 0 Å². The van der Waals surface area contributed by atoms with Crippen LogP contribution in [0.2, 0.25) is 0 Å². The van der Waals surface area contributed by atoms with Crippen LogP contribution in [0.3, 0.4) is 0 Å². The maximum Gasteiger partial charge on any atom is 0.242 e. The van der Waals surface area contributed by atoms with E-state index in [1.54, 1.807) is 6.92 Å². The molecule has 0 unspecified atom stereocenters. The zero-order chi connectivity index (χ0) is 7.61. The van der Waals surface area contributed by atoms with Crippen LogP contribution in [-0.4, -0.2) is 32.1 Å². The van der Waals surface area contributed by atoms with Crippen molar-refractivity contribution in [1.82, 2.24) is 0 Å². The van der Waals surface area contributed by atoms with Crippen molar-refractivity contribution in [3.8, 4) is 0 Å². The molecule has 0 atom stereocenters. The Morgan fingerprint density at radius 1 is 1.70 bits per heavy atom. The van der Waals surface area contributed by atoms with E-state index in [1.807, 2.05) is 0 Å². The first-order valence-electron chi connectivity index (χ1n) is 2.96. The van der Waals surface area contributed by atoms with Gasteiger partial charge in [0.05, 0.1) is 12.3 Å². The lowest BCUT2D eigenvalue weighted by molar-refractivity contribution is 0.608. The normalized spacial score (nSPS) is 17.5. The van der Waals surface area contributed by atoms with Crippen molar-refractivity contribution in [2.24, 2.45) is 9.98 Å². The molecule has 0 aromatic rings. The van der Waals surface area contributed by atoms with Crippen LogP contribution in [0.5, 0.6) is 0 Å². The number of hydrogen-bond donors (Lipinski definition) is 0. The SMILES string of the molecule is CCS(=O)(=O)C1=NCC=N1. The quantitative estimate of drug-likeness (QED) is 0.536. The van der Waals surface area contributed by atoms with Gasteiger partial charge in [-0.15, -0.1) is 0 Å². The molecular formula is C5H8N2O2S. The van der Waals surface area contributed by atoms with E-state index < -0.39 is 9.84 Å². The summed E-state index contributed by atoms with van der Waals surface area (Å²) in [5.74, 6) is 0.0726. The van der Waals surface area contributed by atoms with E-state index in [0.29, 0.717) is 6.54 Å². The maximum absolute atomic E-state index is 11.0. The van der Waals surface area contributed by atoms with Crippen molar-refractivity contribution in [1.29, 1.82) is 0 Å². The second-order valence-corrected chi connectivity index (χ2v) is 4.01. The molecule has 4 nitrogen and oxygen atoms in total. The van der Waals surface area contributed by atoms with Gasteiger partial charge >= 0.3 is 0 Å². The molecular weight excluding hydrogens is 152 g/mol. The Balaban J connectivity index is 2.95. The van der Waals surface area contributed by atoms with Gasteiger partial charge in [-0.3, -0.25) is 4.99 Å². The number of sulfone groups is 1. The van der Waals surface area contributed by atoms with E-state index >= 15 is 0 Å². The van der Waals surface area contributed by atoms with Crippen LogP contribution >= 0.6 is 0 Å². The van der Waals surface area contributed by atoms with Gasteiger partial charge in [-0.1, -0.05) is 6.92 Å². The first-order valence-corrected chi connectivity index (χ1v) is 4.62. The molecule has 0 radical (unpaired) electrons. The highest BCUT2D eigenvalue weighted by molar-refractivity contribution is 8.06. The van der Waals surface area contributed by atoms with Gasteiger partial charge in [-0.25, -0.2) is 13.4 Å². The van der Waals surface area contributed by atoms with Gasteiger partial charge in [-0.05, 0) is 0 Å². The molecule has 0 saturated carbocycles. The minimum atomic E-state index is -3.15. The number of rotatable bonds is 1. The van der Waals surface area contributed by atoms with Gasteiger partial charge in [0.25, 0.3) is 0 Å². The third-order valence-electron chi connectivity index (χ3n) is 1.17. The molecule has 1 aliphatic rings. The van der Waals surface area contributed by atoms with Crippen LogP contribution in [0.4, 0.5) is 0 Å². The summed E-state index contributed by atoms with van der Waals surface area (Å²) in [7, 11) is -3.15. The molecule has 0 N–H and O–H groups in total. The molecule has 0 fully saturated rings. The lowest BCUT2D eigenvalue weighted by Gasteiger charge is -1.93. The predicted octanol–water partition coefficient (Wildman–Crippen LogP) is -0.138. The number of aliphatic imine (C=N–C) groups is 2. The molecule has 0 aromatic carbocycles. The van der Waals surface area contributed by atoms with Crippen molar-refractivity contribution in [3.63, 3.8) is 0 Å². The predicted molar refractivity (Wildman–Crippen MR) is 40.3 cm³/mol. The highest BCUT2D eigenvalue weighted by atomic mass is 32.2. The number of nitrogens with zero attached hydrogens (tertiary/aromatic N) is 2. The monoisotopic (exact) mass is 160 g/mol. The van der Waals surface area contributed by atoms with Crippen LogP contribution in [-0.2, 0) is 9.84 Å². The molecule has 0 aliphatic carbocycles. The molecule has 0 aromatic heterocycles. The molecule has 10 heavy (non-hydrogen) atoms. The summed E-state index contributed by atoms with van der Waals surface area (Å²) in [4.78, 5) is 7.30. The molecule has 5 heteroatoms. The molecule has 0 spiro atoms. The van der Waals surface area contributed by atoms with E-state index in [9.17, 15) is 8.42 Å². The van der Waals surface area contributed by atoms with Gasteiger partial charge in [-0.2, -0.15) is 0 Å². The second-order valence-electron chi connectivity index (χ2n) is 1.84. The lowest BCUT2D eigenvalue weighted by atomic mass is 10.8. The van der Waals surface area contributed by atoms with Crippen LogP contribution < -0.4 is 0 Å². The third kappa shape index (κ3) is 1.23. The Bertz CT molecular complexity index is 276. The zero-order valence-corrected chi connectivity index (χ0v) is 6.43. The maximum atomic E-state index is 11.0. The first-order chi connectivity index (χ1) is 4.67. The number of hydrogen-bond acceptors (Lipinski definition) is 4. The van der Waals surface area contributed by atoms with E-state index in [1.165, 1.54) is 6.21 Å². The summed E-state index contributed by atoms with van der Waals surface area (Å²) in [5, 5.41) is -0.0185. The zero-order valence-electron chi connectivity index (χ0n) is 5.61. The molecule has 0 amide bonds. The third-order valence-corrected chi connectivity index (χ3v) is 2.72. The summed E-state index contributed by atoms with van der Waals surface area (Å²) < 4.78 is 21.9. The minimum absolute atomic E-state index is 0.0185. The van der Waals surface area contributed by atoms with Crippen LogP contribution in [0.15, 0.2) is 9.98 Å². The van der Waals surface area contributed by atoms with Crippen LogP contribution in [0, 0.1) is 0 Å². The summed E-state index contributed by atoms with van der Waals surface area (Å²) in [5.41, 5.74) is 0. The Kier molecular flexibility index (Phi) is 1.85. The lowest BCUT2D eigenvalue weighted by Crippen LogP contribution is -2.12. The van der Waals surface area contributed by atoms with E-state index in [-0.39, 0.29) is 10.9 Å². The Morgan fingerprint density at radius 3 is 2.80 bits per heavy atom. The Morgan fingerprint density at radius 2 is 2.40 bits per heavy atom. The van der Waals surface area contributed by atoms with E-state index in [4.69, 9.17) is 0 Å². The summed E-state index contributed by atoms with van der Waals surface area (Å²) in [6.45, 7) is 1.97. The highest BCUT2D eigenvalue weighted by Gasteiger charge is 2.17. The molecule has 0 saturated heterocycles. The van der Waals surface area contributed by atoms with Crippen LogP contribution in [0.1, 0.15) is 6.92 Å². The molecule has 1 heterocycles. The second kappa shape index (κ2) is 2.49. The summed E-state index contributed by atoms with van der Waals surface area (Å²) in [6.07, 6.45) is 1.49. The Labute approximate surface area is 59.6 Å². The standard InChI is InChI=1S/C5H8N2O2S/c1-2-10(8,9)5-6-3-4-7-5/h3H,2,4H2,1H3. The van der Waals surface area contributed by atoms with Crippen molar-refractivity contribution in [3.05, 3.63) is 0 Å². The molecule has 56 valence electrons. The fourth-order valence-electron chi connectivity index (χ4n) is 0.586. The number of amidine groups is 1. The molecule has 1 rings (SSSR count). The van der Waals surface area contributed by atoms with Crippen molar-refractivity contribution < 1.29 is 8.42 Å². The topological polar surface area (TPSA) is 58.9 Å². The summed E-state index contributed by atoms with van der Waals surface area (Å²) in [6, 6.07) is 0. The smallest absolute Gasteiger partial charge is 0.242 e. The van der Waals surface area contributed by atoms with Gasteiger partial charge in [0.2, 0.25) is 15.0 Å². The van der Waals surface area contributed by atoms with E-state index in [2.05, 4.69) is 9.98 Å². The van der Waals surface area contributed by atoms with Crippen molar-refractivity contribution >= 4 is 21.2 Å². The van der Waals surface area contributed by atoms with Gasteiger partial charge in [0.15, 0.2) is 0 Å². The molecule has 0 bridgehead atoms. The van der Waals surface area contributed by atoms with Gasteiger partial charge in [0, 0.05) is 6.21 Å². The molecule has 1 aliphatic heterocycles. The largest absolute Gasteiger partial charge is 0.251 e. The first kappa shape index (κ1) is 7.40. The van der Waals surface area contributed by atoms with Crippen molar-refractivity contribution in [2.45, 2.75) is 6.92 Å². The summed E-state index contributed by atoms with van der Waals surface area (Å²) >= 11 is 0. The average Bonchev–Trinajstić information content (AvgIpc) is 2.38. The minimum Gasteiger partial charge on any atom is -0.251 e. The van der Waals surface area contributed by atoms with Gasteiger partial charge < -0.3 is 0 Å². The Hall–Kier alpha value is -0.710. The van der Waals surface area contributed by atoms with E-state index in [0.717, 1.165) is 0 Å². The average molecular weight is 160 g/mol. The van der Waals surface area contributed by atoms with Gasteiger partial charge in [0.1, 0.15) is 0 Å². The highest BCUT2D eigenvalue weighted by Crippen LogP contribution is 1.99. The van der Waals surface area contributed by atoms with Crippen molar-refractivity contribution in [2.75, 3.05) is 12.3 Å².